The topological polar surface area (TPSA) is 79.8 Å². The van der Waals surface area contributed by atoms with Crippen LogP contribution in [0.15, 0.2) is 65.7 Å². The van der Waals surface area contributed by atoms with Gasteiger partial charge in [0.15, 0.2) is 0 Å². The summed E-state index contributed by atoms with van der Waals surface area (Å²) < 4.78 is 0.958. The van der Waals surface area contributed by atoms with Crippen molar-refractivity contribution in [3.8, 4) is 0 Å². The van der Waals surface area contributed by atoms with E-state index in [-0.39, 0.29) is 5.91 Å². The van der Waals surface area contributed by atoms with Crippen LogP contribution < -0.4 is 10.6 Å². The number of pyridine rings is 1. The van der Waals surface area contributed by atoms with E-state index in [2.05, 4.69) is 41.5 Å². The van der Waals surface area contributed by atoms with Crippen LogP contribution in [0, 0.1) is 0 Å². The SMILES string of the molecule is O=C(NCc1ccncc1)c1cnc(Nc2cccc(Br)c2)nc1. The highest BCUT2D eigenvalue weighted by molar-refractivity contribution is 9.10. The molecule has 2 aromatic heterocycles. The number of carbonyl (C=O) groups excluding carboxylic acids is 1. The Morgan fingerprint density at radius 3 is 2.54 bits per heavy atom. The molecule has 0 radical (unpaired) electrons. The number of carbonyl (C=O) groups is 1. The number of nitrogens with zero attached hydrogens (tertiary/aromatic N) is 3. The zero-order chi connectivity index (χ0) is 16.8. The molecule has 1 amide bonds. The molecular weight excluding hydrogens is 370 g/mol. The molecule has 0 unspecified atom stereocenters. The quantitative estimate of drug-likeness (QED) is 0.706. The van der Waals surface area contributed by atoms with E-state index in [1.165, 1.54) is 12.4 Å². The third kappa shape index (κ3) is 4.36. The standard InChI is InChI=1S/C17H14BrN5O/c18-14-2-1-3-15(8-14)23-17-21-10-13(11-22-17)16(24)20-9-12-4-6-19-7-5-12/h1-8,10-11H,9H2,(H,20,24)(H,21,22,23). The highest BCUT2D eigenvalue weighted by Crippen LogP contribution is 2.18. The fraction of sp³-hybridized carbons (Fsp3) is 0.0588. The molecule has 3 aromatic rings. The molecule has 2 heterocycles. The summed E-state index contributed by atoms with van der Waals surface area (Å²) in [7, 11) is 0. The molecule has 120 valence electrons. The summed E-state index contributed by atoms with van der Waals surface area (Å²) in [6.45, 7) is 0.430. The van der Waals surface area contributed by atoms with Crippen LogP contribution in [0.2, 0.25) is 0 Å². The van der Waals surface area contributed by atoms with Crippen molar-refractivity contribution in [2.45, 2.75) is 6.54 Å². The van der Waals surface area contributed by atoms with Crippen LogP contribution in [0.3, 0.4) is 0 Å². The minimum atomic E-state index is -0.221. The molecule has 2 N–H and O–H groups in total. The third-order valence-corrected chi connectivity index (χ3v) is 3.69. The van der Waals surface area contributed by atoms with E-state index >= 15 is 0 Å². The second-order valence-electron chi connectivity index (χ2n) is 4.97. The zero-order valence-electron chi connectivity index (χ0n) is 12.6. The van der Waals surface area contributed by atoms with E-state index in [1.807, 2.05) is 36.4 Å². The Kier molecular flexibility index (Phi) is 5.12. The van der Waals surface area contributed by atoms with Crippen LogP contribution in [-0.2, 0) is 6.54 Å². The number of benzene rings is 1. The van der Waals surface area contributed by atoms with Gasteiger partial charge in [-0.25, -0.2) is 9.97 Å². The minimum Gasteiger partial charge on any atom is -0.348 e. The highest BCUT2D eigenvalue weighted by atomic mass is 79.9. The summed E-state index contributed by atoms with van der Waals surface area (Å²) in [5, 5.41) is 5.90. The Morgan fingerprint density at radius 1 is 1.08 bits per heavy atom. The fourth-order valence-electron chi connectivity index (χ4n) is 1.99. The van der Waals surface area contributed by atoms with Gasteiger partial charge in [-0.15, -0.1) is 0 Å². The summed E-state index contributed by atoms with van der Waals surface area (Å²) in [6, 6.07) is 11.4. The fourth-order valence-corrected chi connectivity index (χ4v) is 2.39. The molecular formula is C17H14BrN5O. The Morgan fingerprint density at radius 2 is 1.83 bits per heavy atom. The number of halogens is 1. The van der Waals surface area contributed by atoms with Gasteiger partial charge in [-0.05, 0) is 35.9 Å². The Labute approximate surface area is 147 Å². The molecule has 3 rings (SSSR count). The summed E-state index contributed by atoms with van der Waals surface area (Å²) in [6.07, 6.45) is 6.37. The predicted octanol–water partition coefficient (Wildman–Crippen LogP) is 3.31. The van der Waals surface area contributed by atoms with E-state index in [1.54, 1.807) is 12.4 Å². The predicted molar refractivity (Wildman–Crippen MR) is 94.9 cm³/mol. The maximum Gasteiger partial charge on any atom is 0.254 e. The molecule has 1 aromatic carbocycles. The van der Waals surface area contributed by atoms with Gasteiger partial charge < -0.3 is 10.6 Å². The Hall–Kier alpha value is -2.80. The molecule has 0 aliphatic heterocycles. The first-order chi connectivity index (χ1) is 11.7. The van der Waals surface area contributed by atoms with Gasteiger partial charge in [0, 0.05) is 41.5 Å². The highest BCUT2D eigenvalue weighted by Gasteiger charge is 2.07. The first-order valence-corrected chi connectivity index (χ1v) is 8.02. The van der Waals surface area contributed by atoms with Gasteiger partial charge in [0.2, 0.25) is 5.95 Å². The first kappa shape index (κ1) is 16.1. The smallest absolute Gasteiger partial charge is 0.254 e. The van der Waals surface area contributed by atoms with Gasteiger partial charge in [-0.2, -0.15) is 0 Å². The second kappa shape index (κ2) is 7.65. The van der Waals surface area contributed by atoms with Crippen molar-refractivity contribution < 1.29 is 4.79 Å². The number of amides is 1. The number of aromatic nitrogens is 3. The molecule has 0 aliphatic carbocycles. The number of nitrogens with one attached hydrogen (secondary N) is 2. The van der Waals surface area contributed by atoms with Crippen LogP contribution in [0.5, 0.6) is 0 Å². The van der Waals surface area contributed by atoms with Gasteiger partial charge in [0.05, 0.1) is 5.56 Å². The lowest BCUT2D eigenvalue weighted by molar-refractivity contribution is 0.0950. The maximum atomic E-state index is 12.1. The summed E-state index contributed by atoms with van der Waals surface area (Å²) in [4.78, 5) is 24.4. The molecule has 0 fully saturated rings. The van der Waals surface area contributed by atoms with Crippen LogP contribution in [0.25, 0.3) is 0 Å². The minimum absolute atomic E-state index is 0.221. The second-order valence-corrected chi connectivity index (χ2v) is 5.88. The van der Waals surface area contributed by atoms with Crippen LogP contribution in [0.4, 0.5) is 11.6 Å². The van der Waals surface area contributed by atoms with Crippen LogP contribution in [-0.4, -0.2) is 20.9 Å². The lowest BCUT2D eigenvalue weighted by Gasteiger charge is -2.07. The average Bonchev–Trinajstić information content (AvgIpc) is 2.61. The molecule has 0 bridgehead atoms. The largest absolute Gasteiger partial charge is 0.348 e. The lowest BCUT2D eigenvalue weighted by Crippen LogP contribution is -2.23. The number of hydrogen-bond donors (Lipinski definition) is 2. The van der Waals surface area contributed by atoms with Crippen molar-refractivity contribution in [3.63, 3.8) is 0 Å². The van der Waals surface area contributed by atoms with Crippen molar-refractivity contribution in [3.05, 3.63) is 76.8 Å². The van der Waals surface area contributed by atoms with Crippen molar-refractivity contribution in [2.24, 2.45) is 0 Å². The summed E-state index contributed by atoms with van der Waals surface area (Å²) in [5.41, 5.74) is 2.25. The molecule has 0 atom stereocenters. The Bertz CT molecular complexity index is 824. The number of anilines is 2. The monoisotopic (exact) mass is 383 g/mol. The summed E-state index contributed by atoms with van der Waals surface area (Å²) in [5.74, 6) is 0.208. The third-order valence-electron chi connectivity index (χ3n) is 3.20. The van der Waals surface area contributed by atoms with Gasteiger partial charge in [-0.3, -0.25) is 9.78 Å². The maximum absolute atomic E-state index is 12.1. The number of rotatable bonds is 5. The lowest BCUT2D eigenvalue weighted by atomic mass is 10.2. The van der Waals surface area contributed by atoms with Crippen LogP contribution in [0.1, 0.15) is 15.9 Å². The number of hydrogen-bond acceptors (Lipinski definition) is 5. The van der Waals surface area contributed by atoms with Gasteiger partial charge in [0.1, 0.15) is 0 Å². The molecule has 0 saturated carbocycles. The van der Waals surface area contributed by atoms with E-state index in [0.717, 1.165) is 15.7 Å². The van der Waals surface area contributed by atoms with Crippen LogP contribution >= 0.6 is 15.9 Å². The van der Waals surface area contributed by atoms with E-state index < -0.39 is 0 Å². The Balaban J connectivity index is 1.60. The average molecular weight is 384 g/mol. The normalized spacial score (nSPS) is 10.2. The van der Waals surface area contributed by atoms with E-state index in [0.29, 0.717) is 18.1 Å². The van der Waals surface area contributed by atoms with Crippen molar-refractivity contribution in [2.75, 3.05) is 5.32 Å². The van der Waals surface area contributed by atoms with Crippen molar-refractivity contribution >= 4 is 33.5 Å². The molecule has 0 saturated heterocycles. The van der Waals surface area contributed by atoms with Crippen molar-refractivity contribution in [1.29, 1.82) is 0 Å². The van der Waals surface area contributed by atoms with Gasteiger partial charge >= 0.3 is 0 Å². The van der Waals surface area contributed by atoms with Gasteiger partial charge in [0.25, 0.3) is 5.91 Å². The van der Waals surface area contributed by atoms with Crippen molar-refractivity contribution in [1.82, 2.24) is 20.3 Å². The molecule has 0 spiro atoms. The summed E-state index contributed by atoms with van der Waals surface area (Å²) >= 11 is 3.40. The van der Waals surface area contributed by atoms with E-state index in [9.17, 15) is 4.79 Å². The molecule has 7 heteroatoms. The van der Waals surface area contributed by atoms with Gasteiger partial charge in [-0.1, -0.05) is 22.0 Å². The first-order valence-electron chi connectivity index (χ1n) is 7.22. The molecule has 6 nitrogen and oxygen atoms in total. The molecule has 24 heavy (non-hydrogen) atoms. The zero-order valence-corrected chi connectivity index (χ0v) is 14.2. The molecule has 0 aliphatic rings. The van der Waals surface area contributed by atoms with E-state index in [4.69, 9.17) is 0 Å².